The fourth-order valence-corrected chi connectivity index (χ4v) is 8.30. The van der Waals surface area contributed by atoms with Crippen molar-refractivity contribution in [1.29, 1.82) is 0 Å². The van der Waals surface area contributed by atoms with E-state index in [0.717, 1.165) is 66.6 Å². The topological polar surface area (TPSA) is 108 Å². The Kier molecular flexibility index (Phi) is 8.73. The number of pyridine rings is 1. The van der Waals surface area contributed by atoms with Gasteiger partial charge >= 0.3 is 0 Å². The van der Waals surface area contributed by atoms with Gasteiger partial charge in [0.2, 0.25) is 10.0 Å². The van der Waals surface area contributed by atoms with Crippen LogP contribution in [0.4, 0.5) is 0 Å². The summed E-state index contributed by atoms with van der Waals surface area (Å²) >= 11 is 0. The lowest BCUT2D eigenvalue weighted by atomic mass is 9.91. The summed E-state index contributed by atoms with van der Waals surface area (Å²) in [7, 11) is -3.26. The van der Waals surface area contributed by atoms with Gasteiger partial charge in [-0.1, -0.05) is 18.2 Å². The summed E-state index contributed by atoms with van der Waals surface area (Å²) in [5.74, 6) is 0.281. The number of aromatic nitrogens is 2. The fourth-order valence-electron chi connectivity index (χ4n) is 6.79. The van der Waals surface area contributed by atoms with E-state index in [4.69, 9.17) is 0 Å². The summed E-state index contributed by atoms with van der Waals surface area (Å²) in [6.45, 7) is 11.7. The van der Waals surface area contributed by atoms with Crippen LogP contribution < -0.4 is 10.9 Å². The highest BCUT2D eigenvalue weighted by molar-refractivity contribution is 7.89. The van der Waals surface area contributed by atoms with Crippen LogP contribution in [-0.4, -0.2) is 71.6 Å². The molecule has 1 atom stereocenters. The molecular weight excluding hydrogens is 538 g/mol. The normalized spacial score (nSPS) is 18.2. The Bertz CT molecular complexity index is 1580. The molecule has 0 saturated carbocycles. The number of H-pyrrole nitrogens is 1. The van der Waals surface area contributed by atoms with Crippen LogP contribution in [0.1, 0.15) is 71.5 Å². The highest BCUT2D eigenvalue weighted by atomic mass is 32.2. The molecule has 2 N–H and O–H groups in total. The zero-order chi connectivity index (χ0) is 29.3. The minimum atomic E-state index is -3.26. The number of para-hydroxylation sites is 1. The Morgan fingerprint density at radius 1 is 1.07 bits per heavy atom. The number of benzene rings is 1. The molecular formula is C31H43N5O4S. The van der Waals surface area contributed by atoms with E-state index in [2.05, 4.69) is 26.7 Å². The van der Waals surface area contributed by atoms with Gasteiger partial charge in [-0.3, -0.25) is 9.59 Å². The highest BCUT2D eigenvalue weighted by Gasteiger charge is 2.33. The number of rotatable bonds is 9. The maximum atomic E-state index is 13.6. The first-order valence-electron chi connectivity index (χ1n) is 14.8. The van der Waals surface area contributed by atoms with Crippen LogP contribution in [-0.2, 0) is 16.6 Å². The summed E-state index contributed by atoms with van der Waals surface area (Å²) in [5, 5.41) is 3.87. The van der Waals surface area contributed by atoms with Crippen molar-refractivity contribution in [3.05, 3.63) is 68.8 Å². The van der Waals surface area contributed by atoms with Gasteiger partial charge in [0.1, 0.15) is 0 Å². The van der Waals surface area contributed by atoms with Gasteiger partial charge in [0, 0.05) is 60.1 Å². The predicted octanol–water partition coefficient (Wildman–Crippen LogP) is 3.88. The molecule has 41 heavy (non-hydrogen) atoms. The molecule has 10 heteroatoms. The Morgan fingerprint density at radius 3 is 2.44 bits per heavy atom. The minimum Gasteiger partial charge on any atom is -0.348 e. The zero-order valence-corrected chi connectivity index (χ0v) is 25.5. The number of fused-ring (bicyclic) bond motifs is 1. The van der Waals surface area contributed by atoms with E-state index in [0.29, 0.717) is 36.7 Å². The molecule has 4 heterocycles. The first-order valence-corrected chi connectivity index (χ1v) is 16.4. The molecule has 1 amide bonds. The molecule has 0 aliphatic carbocycles. The molecule has 2 saturated heterocycles. The second-order valence-electron chi connectivity index (χ2n) is 11.8. The third-order valence-electron chi connectivity index (χ3n) is 9.15. The summed E-state index contributed by atoms with van der Waals surface area (Å²) < 4.78 is 30.0. The maximum absolute atomic E-state index is 13.6. The molecule has 9 nitrogen and oxygen atoms in total. The molecule has 0 unspecified atom stereocenters. The second-order valence-corrected chi connectivity index (χ2v) is 13.9. The SMILES string of the molecule is Cc1cc(C)c(CNC(=O)c2c(C)n([C@H](C)C3CCN(S(=O)(=O)CCN4CCCC4)CC3)c3ccccc23)c(=O)[nH]1. The number of hydrogen-bond acceptors (Lipinski definition) is 5. The molecule has 0 bridgehead atoms. The average Bonchev–Trinajstić information content (AvgIpc) is 3.56. The quantitative estimate of drug-likeness (QED) is 0.399. The number of amides is 1. The van der Waals surface area contributed by atoms with Gasteiger partial charge in [0.05, 0.1) is 11.3 Å². The Hall–Kier alpha value is -2.95. The molecule has 0 radical (unpaired) electrons. The van der Waals surface area contributed by atoms with Crippen LogP contribution in [0.2, 0.25) is 0 Å². The van der Waals surface area contributed by atoms with Crippen molar-refractivity contribution < 1.29 is 13.2 Å². The predicted molar refractivity (Wildman–Crippen MR) is 163 cm³/mol. The van der Waals surface area contributed by atoms with Crippen molar-refractivity contribution in [3.63, 3.8) is 0 Å². The van der Waals surface area contributed by atoms with Crippen molar-refractivity contribution in [2.24, 2.45) is 5.92 Å². The first kappa shape index (κ1) is 29.5. The molecule has 3 aromatic rings. The summed E-state index contributed by atoms with van der Waals surface area (Å²) in [6.07, 6.45) is 3.89. The van der Waals surface area contributed by atoms with Crippen LogP contribution >= 0.6 is 0 Å². The average molecular weight is 582 g/mol. The molecule has 1 aromatic carbocycles. The van der Waals surface area contributed by atoms with Crippen molar-refractivity contribution in [3.8, 4) is 0 Å². The van der Waals surface area contributed by atoms with Crippen molar-refractivity contribution in [1.82, 2.24) is 24.1 Å². The van der Waals surface area contributed by atoms with Gasteiger partial charge < -0.3 is 19.8 Å². The number of carbonyl (C=O) groups is 1. The number of nitrogens with one attached hydrogen (secondary N) is 2. The van der Waals surface area contributed by atoms with Crippen molar-refractivity contribution in [2.75, 3.05) is 38.5 Å². The number of sulfonamides is 1. The van der Waals surface area contributed by atoms with Gasteiger partial charge in [-0.25, -0.2) is 12.7 Å². The van der Waals surface area contributed by atoms with Gasteiger partial charge in [-0.05, 0) is 90.1 Å². The van der Waals surface area contributed by atoms with Crippen LogP contribution in [0.15, 0.2) is 35.1 Å². The van der Waals surface area contributed by atoms with E-state index < -0.39 is 10.0 Å². The third-order valence-corrected chi connectivity index (χ3v) is 11.0. The summed E-state index contributed by atoms with van der Waals surface area (Å²) in [5.41, 5.74) is 4.51. The van der Waals surface area contributed by atoms with Gasteiger partial charge in [-0.15, -0.1) is 0 Å². The van der Waals surface area contributed by atoms with E-state index in [1.807, 2.05) is 51.1 Å². The summed E-state index contributed by atoms with van der Waals surface area (Å²) in [4.78, 5) is 31.1. The molecule has 2 fully saturated rings. The number of aryl methyl sites for hydroxylation is 2. The van der Waals surface area contributed by atoms with Gasteiger partial charge in [0.15, 0.2) is 0 Å². The number of carbonyl (C=O) groups excluding carboxylic acids is 1. The molecule has 2 aliphatic heterocycles. The van der Waals surface area contributed by atoms with E-state index in [-0.39, 0.29) is 29.8 Å². The number of hydrogen-bond donors (Lipinski definition) is 2. The second kappa shape index (κ2) is 12.1. The molecule has 0 spiro atoms. The number of nitrogens with zero attached hydrogens (tertiary/aromatic N) is 3. The fraction of sp³-hybridized carbons (Fsp3) is 0.548. The lowest BCUT2D eigenvalue weighted by Gasteiger charge is -2.35. The lowest BCUT2D eigenvalue weighted by molar-refractivity contribution is 0.0951. The van der Waals surface area contributed by atoms with E-state index in [1.54, 1.807) is 4.31 Å². The van der Waals surface area contributed by atoms with Gasteiger partial charge in [-0.2, -0.15) is 0 Å². The Balaban J connectivity index is 1.30. The first-order chi connectivity index (χ1) is 19.6. The van der Waals surface area contributed by atoms with E-state index >= 15 is 0 Å². The smallest absolute Gasteiger partial charge is 0.254 e. The summed E-state index contributed by atoms with van der Waals surface area (Å²) in [6, 6.07) is 9.94. The standard InChI is InChI=1S/C31H43N5O4S/c1-21-19-22(2)33-30(37)27(21)20-32-31(38)29-24(4)36(28-10-6-5-9-26(28)29)23(3)25-11-15-35(16-12-25)41(39,40)18-17-34-13-7-8-14-34/h5-6,9-10,19,23,25H,7-8,11-18,20H2,1-4H3,(H,32,38)(H,33,37)/t23-/m1/s1. The van der Waals surface area contributed by atoms with E-state index in [9.17, 15) is 18.0 Å². The van der Waals surface area contributed by atoms with Crippen LogP contribution in [0.25, 0.3) is 10.9 Å². The number of piperidine rings is 1. The van der Waals surface area contributed by atoms with Gasteiger partial charge in [0.25, 0.3) is 11.5 Å². The Labute approximate surface area is 243 Å². The zero-order valence-electron chi connectivity index (χ0n) is 24.7. The van der Waals surface area contributed by atoms with Crippen molar-refractivity contribution >= 4 is 26.8 Å². The molecule has 222 valence electrons. The largest absolute Gasteiger partial charge is 0.348 e. The van der Waals surface area contributed by atoms with Crippen LogP contribution in [0.5, 0.6) is 0 Å². The maximum Gasteiger partial charge on any atom is 0.254 e. The monoisotopic (exact) mass is 581 g/mol. The van der Waals surface area contributed by atoms with Crippen LogP contribution in [0, 0.1) is 26.7 Å². The highest BCUT2D eigenvalue weighted by Crippen LogP contribution is 2.36. The third kappa shape index (κ3) is 6.15. The Morgan fingerprint density at radius 2 is 1.76 bits per heavy atom. The number of aromatic amines is 1. The lowest BCUT2D eigenvalue weighted by Crippen LogP contribution is -2.43. The molecule has 5 rings (SSSR count). The number of likely N-dealkylation sites (tertiary alicyclic amines) is 1. The van der Waals surface area contributed by atoms with Crippen LogP contribution in [0.3, 0.4) is 0 Å². The molecule has 2 aromatic heterocycles. The van der Waals surface area contributed by atoms with Crippen molar-refractivity contribution in [2.45, 2.75) is 66.0 Å². The minimum absolute atomic E-state index is 0.0955. The van der Waals surface area contributed by atoms with E-state index in [1.165, 1.54) is 0 Å². The molecule has 2 aliphatic rings.